The van der Waals surface area contributed by atoms with Crippen molar-refractivity contribution in [3.05, 3.63) is 35.9 Å². The van der Waals surface area contributed by atoms with Crippen molar-refractivity contribution < 1.29 is 14.7 Å². The zero-order chi connectivity index (χ0) is 12.9. The van der Waals surface area contributed by atoms with Crippen molar-refractivity contribution in [2.75, 3.05) is 0 Å². The van der Waals surface area contributed by atoms with Gasteiger partial charge in [0.25, 0.3) is 5.91 Å². The highest BCUT2D eigenvalue weighted by molar-refractivity contribution is 5.94. The summed E-state index contributed by atoms with van der Waals surface area (Å²) in [6.45, 7) is 3.59. The number of aliphatic carboxylic acids is 1. The summed E-state index contributed by atoms with van der Waals surface area (Å²) >= 11 is 0. The van der Waals surface area contributed by atoms with Gasteiger partial charge < -0.3 is 10.4 Å². The molecule has 0 aliphatic heterocycles. The second kappa shape index (κ2) is 5.48. The van der Waals surface area contributed by atoms with Gasteiger partial charge in [-0.15, -0.1) is 0 Å². The fraction of sp³-hybridized carbons (Fsp3) is 0.385. The molecule has 1 amide bonds. The third-order valence-corrected chi connectivity index (χ3v) is 2.77. The molecule has 0 aromatic heterocycles. The third kappa shape index (κ3) is 3.90. The Labute approximate surface area is 101 Å². The van der Waals surface area contributed by atoms with Crippen LogP contribution in [-0.4, -0.2) is 22.5 Å². The molecule has 2 N–H and O–H groups in total. The Balaban J connectivity index is 2.75. The van der Waals surface area contributed by atoms with E-state index >= 15 is 0 Å². The van der Waals surface area contributed by atoms with Gasteiger partial charge in [0.15, 0.2) is 0 Å². The molecular formula is C13H17NO3. The maximum atomic E-state index is 11.9. The molecule has 1 unspecified atom stereocenters. The predicted molar refractivity (Wildman–Crippen MR) is 64.9 cm³/mol. The molecule has 1 aromatic carbocycles. The van der Waals surface area contributed by atoms with Gasteiger partial charge in [0, 0.05) is 11.1 Å². The molecule has 0 aliphatic carbocycles. The molecule has 1 rings (SSSR count). The van der Waals surface area contributed by atoms with Crippen molar-refractivity contribution >= 4 is 11.9 Å². The molecule has 0 saturated heterocycles. The van der Waals surface area contributed by atoms with Gasteiger partial charge in [-0.3, -0.25) is 9.59 Å². The fourth-order valence-corrected chi connectivity index (χ4v) is 1.53. The second-order valence-electron chi connectivity index (χ2n) is 4.30. The average molecular weight is 235 g/mol. The number of carbonyl (C=O) groups is 2. The Morgan fingerprint density at radius 1 is 1.29 bits per heavy atom. The van der Waals surface area contributed by atoms with Crippen molar-refractivity contribution in [2.24, 2.45) is 0 Å². The van der Waals surface area contributed by atoms with Gasteiger partial charge in [-0.1, -0.05) is 25.1 Å². The van der Waals surface area contributed by atoms with Gasteiger partial charge in [-0.25, -0.2) is 0 Å². The lowest BCUT2D eigenvalue weighted by Crippen LogP contribution is -2.47. The second-order valence-corrected chi connectivity index (χ2v) is 4.30. The zero-order valence-electron chi connectivity index (χ0n) is 10.1. The van der Waals surface area contributed by atoms with E-state index in [1.165, 1.54) is 0 Å². The molecule has 0 saturated carbocycles. The summed E-state index contributed by atoms with van der Waals surface area (Å²) in [5, 5.41) is 11.6. The minimum atomic E-state index is -0.914. The maximum Gasteiger partial charge on any atom is 0.305 e. The standard InChI is InChI=1S/C13H17NO3/c1-3-13(2,9-11(15)16)14-12(17)10-7-5-4-6-8-10/h4-8H,3,9H2,1-2H3,(H,14,17)(H,15,16). The van der Waals surface area contributed by atoms with Crippen LogP contribution < -0.4 is 5.32 Å². The van der Waals surface area contributed by atoms with Crippen LogP contribution in [0.25, 0.3) is 0 Å². The number of amides is 1. The highest BCUT2D eigenvalue weighted by Crippen LogP contribution is 2.15. The number of carbonyl (C=O) groups excluding carboxylic acids is 1. The van der Waals surface area contributed by atoms with Gasteiger partial charge in [0.1, 0.15) is 0 Å². The Morgan fingerprint density at radius 3 is 2.35 bits per heavy atom. The number of hydrogen-bond acceptors (Lipinski definition) is 2. The van der Waals surface area contributed by atoms with E-state index in [0.29, 0.717) is 12.0 Å². The van der Waals surface area contributed by atoms with Crippen molar-refractivity contribution in [3.63, 3.8) is 0 Å². The minimum Gasteiger partial charge on any atom is -0.481 e. The molecule has 0 bridgehead atoms. The fourth-order valence-electron chi connectivity index (χ4n) is 1.53. The van der Waals surface area contributed by atoms with Crippen molar-refractivity contribution in [1.29, 1.82) is 0 Å². The normalized spacial score (nSPS) is 13.8. The van der Waals surface area contributed by atoms with E-state index in [1.807, 2.05) is 13.0 Å². The van der Waals surface area contributed by atoms with Crippen LogP contribution in [0.3, 0.4) is 0 Å². The molecule has 17 heavy (non-hydrogen) atoms. The lowest BCUT2D eigenvalue weighted by molar-refractivity contribution is -0.138. The van der Waals surface area contributed by atoms with Gasteiger partial charge >= 0.3 is 5.97 Å². The SMILES string of the molecule is CCC(C)(CC(=O)O)NC(=O)c1ccccc1. The summed E-state index contributed by atoms with van der Waals surface area (Å²) in [7, 11) is 0. The molecule has 0 aliphatic rings. The molecule has 0 spiro atoms. The van der Waals surface area contributed by atoms with Crippen LogP contribution >= 0.6 is 0 Å². The Bertz CT molecular complexity index is 402. The Kier molecular flexibility index (Phi) is 4.26. The third-order valence-electron chi connectivity index (χ3n) is 2.77. The van der Waals surface area contributed by atoms with Crippen LogP contribution in [0.5, 0.6) is 0 Å². The molecule has 1 aromatic rings. The summed E-state index contributed by atoms with van der Waals surface area (Å²) < 4.78 is 0. The van der Waals surface area contributed by atoms with Crippen molar-refractivity contribution in [2.45, 2.75) is 32.2 Å². The molecule has 0 heterocycles. The molecule has 1 atom stereocenters. The van der Waals surface area contributed by atoms with E-state index < -0.39 is 11.5 Å². The monoisotopic (exact) mass is 235 g/mol. The highest BCUT2D eigenvalue weighted by Gasteiger charge is 2.27. The van der Waals surface area contributed by atoms with Crippen molar-refractivity contribution in [1.82, 2.24) is 5.32 Å². The number of carboxylic acids is 1. The molecule has 92 valence electrons. The van der Waals surface area contributed by atoms with E-state index in [4.69, 9.17) is 5.11 Å². The molecule has 4 nitrogen and oxygen atoms in total. The van der Waals surface area contributed by atoms with Gasteiger partial charge in [-0.05, 0) is 25.5 Å². The molecule has 0 fully saturated rings. The number of nitrogens with one attached hydrogen (secondary N) is 1. The van der Waals surface area contributed by atoms with E-state index in [9.17, 15) is 9.59 Å². The Morgan fingerprint density at radius 2 is 1.88 bits per heavy atom. The maximum absolute atomic E-state index is 11.9. The summed E-state index contributed by atoms with van der Waals surface area (Å²) in [5.41, 5.74) is -0.170. The minimum absolute atomic E-state index is 0.0813. The van der Waals surface area contributed by atoms with Crippen LogP contribution in [0.4, 0.5) is 0 Å². The first kappa shape index (κ1) is 13.2. The van der Waals surface area contributed by atoms with Crippen LogP contribution in [0, 0.1) is 0 Å². The van der Waals surface area contributed by atoms with E-state index in [0.717, 1.165) is 0 Å². The van der Waals surface area contributed by atoms with E-state index in [-0.39, 0.29) is 12.3 Å². The summed E-state index contributed by atoms with van der Waals surface area (Å²) in [6.07, 6.45) is 0.486. The first-order valence-electron chi connectivity index (χ1n) is 5.56. The van der Waals surface area contributed by atoms with Gasteiger partial charge in [0.2, 0.25) is 0 Å². The summed E-state index contributed by atoms with van der Waals surface area (Å²) in [4.78, 5) is 22.6. The van der Waals surface area contributed by atoms with Gasteiger partial charge in [0.05, 0.1) is 6.42 Å². The van der Waals surface area contributed by atoms with Gasteiger partial charge in [-0.2, -0.15) is 0 Å². The van der Waals surface area contributed by atoms with Crippen LogP contribution in [-0.2, 0) is 4.79 Å². The lowest BCUT2D eigenvalue weighted by Gasteiger charge is -2.27. The largest absolute Gasteiger partial charge is 0.481 e. The van der Waals surface area contributed by atoms with Crippen LogP contribution in [0.2, 0.25) is 0 Å². The van der Waals surface area contributed by atoms with Crippen molar-refractivity contribution in [3.8, 4) is 0 Å². The zero-order valence-corrected chi connectivity index (χ0v) is 10.1. The number of hydrogen-bond donors (Lipinski definition) is 2. The van der Waals surface area contributed by atoms with E-state index in [2.05, 4.69) is 5.32 Å². The first-order chi connectivity index (χ1) is 7.97. The van der Waals surface area contributed by atoms with Crippen LogP contribution in [0.15, 0.2) is 30.3 Å². The predicted octanol–water partition coefficient (Wildman–Crippen LogP) is 2.06. The molecule has 0 radical (unpaired) electrons. The smallest absolute Gasteiger partial charge is 0.305 e. The number of rotatable bonds is 5. The number of carboxylic acid groups (broad SMARTS) is 1. The Hall–Kier alpha value is -1.84. The molecular weight excluding hydrogens is 218 g/mol. The molecule has 4 heteroatoms. The highest BCUT2D eigenvalue weighted by atomic mass is 16.4. The van der Waals surface area contributed by atoms with Crippen LogP contribution in [0.1, 0.15) is 37.0 Å². The quantitative estimate of drug-likeness (QED) is 0.821. The summed E-state index contributed by atoms with van der Waals surface area (Å²) in [6, 6.07) is 8.77. The van der Waals surface area contributed by atoms with E-state index in [1.54, 1.807) is 31.2 Å². The first-order valence-corrected chi connectivity index (χ1v) is 5.56. The number of benzene rings is 1. The summed E-state index contributed by atoms with van der Waals surface area (Å²) in [5.74, 6) is -1.15. The average Bonchev–Trinajstić information content (AvgIpc) is 2.29. The lowest BCUT2D eigenvalue weighted by atomic mass is 9.94. The topological polar surface area (TPSA) is 66.4 Å².